The number of nitrogens with one attached hydrogen (secondary N) is 2. The van der Waals surface area contributed by atoms with Crippen LogP contribution in [0.15, 0.2) is 46.2 Å². The average molecular weight is 526 g/mol. The lowest BCUT2D eigenvalue weighted by atomic mass is 9.99. The molecule has 1 fully saturated rings. The molecule has 2 atom stereocenters. The number of anilines is 2. The number of hydrogen-bond acceptors (Lipinski definition) is 7. The summed E-state index contributed by atoms with van der Waals surface area (Å²) in [6.45, 7) is 8.10. The molecule has 36 heavy (non-hydrogen) atoms. The van der Waals surface area contributed by atoms with Crippen LogP contribution in [0.4, 0.5) is 11.6 Å². The van der Waals surface area contributed by atoms with E-state index in [4.69, 9.17) is 0 Å². The largest absolute Gasteiger partial charge is 0.388 e. The number of aromatic nitrogens is 3. The number of aliphatic hydroxyl groups is 1. The van der Waals surface area contributed by atoms with E-state index < -0.39 is 29.7 Å². The van der Waals surface area contributed by atoms with Crippen molar-refractivity contribution < 1.29 is 13.5 Å². The first kappa shape index (κ1) is 26.0. The zero-order chi connectivity index (χ0) is 26.3. The number of sulfonamides is 1. The Hall–Kier alpha value is -3.04. The van der Waals surface area contributed by atoms with Gasteiger partial charge in [-0.05, 0) is 63.6 Å². The molecular formula is C25H31N5O4SSi. The van der Waals surface area contributed by atoms with Gasteiger partial charge in [0.2, 0.25) is 16.0 Å². The summed E-state index contributed by atoms with van der Waals surface area (Å²) in [6.07, 6.45) is 3.67. The first-order chi connectivity index (χ1) is 16.8. The molecule has 0 amide bonds. The number of fused-ring (bicyclic) bond motifs is 1. The summed E-state index contributed by atoms with van der Waals surface area (Å²) in [6, 6.07) is 7.46. The molecule has 9 nitrogen and oxygen atoms in total. The average Bonchev–Trinajstić information content (AvgIpc) is 3.16. The molecule has 1 saturated carbocycles. The molecule has 190 valence electrons. The van der Waals surface area contributed by atoms with Crippen LogP contribution in [0.1, 0.15) is 37.8 Å². The Labute approximate surface area is 212 Å². The number of pyridine rings is 1. The summed E-state index contributed by atoms with van der Waals surface area (Å²) in [5, 5.41) is 14.8. The maximum absolute atomic E-state index is 13.6. The maximum atomic E-state index is 13.6. The van der Waals surface area contributed by atoms with Crippen molar-refractivity contribution in [2.75, 3.05) is 12.4 Å². The molecule has 3 N–H and O–H groups in total. The second kappa shape index (κ2) is 9.44. The zero-order valence-corrected chi connectivity index (χ0v) is 22.9. The van der Waals surface area contributed by atoms with Crippen LogP contribution in [0.2, 0.25) is 19.6 Å². The van der Waals surface area contributed by atoms with Crippen LogP contribution in [0.5, 0.6) is 0 Å². The van der Waals surface area contributed by atoms with E-state index in [9.17, 15) is 18.3 Å². The van der Waals surface area contributed by atoms with Crippen LogP contribution in [0.3, 0.4) is 0 Å². The van der Waals surface area contributed by atoms with Gasteiger partial charge in [-0.2, -0.15) is 4.98 Å². The Morgan fingerprint density at radius 1 is 1.22 bits per heavy atom. The van der Waals surface area contributed by atoms with Crippen molar-refractivity contribution in [3.8, 4) is 11.5 Å². The second-order valence-corrected chi connectivity index (χ2v) is 17.0. The molecule has 4 rings (SSSR count). The van der Waals surface area contributed by atoms with Crippen molar-refractivity contribution in [1.29, 1.82) is 0 Å². The monoisotopic (exact) mass is 525 g/mol. The van der Waals surface area contributed by atoms with Crippen LogP contribution < -0.4 is 15.6 Å². The van der Waals surface area contributed by atoms with Crippen molar-refractivity contribution in [2.45, 2.75) is 62.4 Å². The number of nitrogens with zero attached hydrogens (tertiary/aromatic N) is 3. The van der Waals surface area contributed by atoms with Crippen LogP contribution in [0, 0.1) is 11.5 Å². The standard InChI is InChI=1S/C25H31N5O4SSi/c1-25(32)13-6-7-21(25)30-22-18(15-17(23(30)31)12-14-36(3,4)5)16-27-24(29-22)28-19-8-10-20(11-9-19)35(33,34)26-2/h8-11,15-16,21,26,32H,6-7,13H2,1-5H3,(H,27,28,29)/t21-,25-/m1/s1. The van der Waals surface area contributed by atoms with E-state index in [0.29, 0.717) is 35.1 Å². The number of hydrogen-bond donors (Lipinski definition) is 3. The lowest BCUT2D eigenvalue weighted by Gasteiger charge is -2.28. The van der Waals surface area contributed by atoms with E-state index in [1.165, 1.54) is 19.2 Å². The topological polar surface area (TPSA) is 126 Å². The molecule has 3 aromatic rings. The highest BCUT2D eigenvalue weighted by Gasteiger charge is 2.39. The van der Waals surface area contributed by atoms with Gasteiger partial charge in [-0.1, -0.05) is 25.6 Å². The van der Waals surface area contributed by atoms with Crippen molar-refractivity contribution in [2.24, 2.45) is 0 Å². The molecule has 1 aliphatic rings. The fourth-order valence-corrected chi connectivity index (χ4v) is 5.56. The van der Waals surface area contributed by atoms with Gasteiger partial charge in [-0.3, -0.25) is 9.36 Å². The summed E-state index contributed by atoms with van der Waals surface area (Å²) in [4.78, 5) is 22.8. The molecule has 0 bridgehead atoms. The summed E-state index contributed by atoms with van der Waals surface area (Å²) in [5.41, 5.74) is 3.31. The number of rotatable bonds is 5. The lowest BCUT2D eigenvalue weighted by molar-refractivity contribution is 0.0266. The normalized spacial score (nSPS) is 20.2. The van der Waals surface area contributed by atoms with E-state index in [-0.39, 0.29) is 16.4 Å². The van der Waals surface area contributed by atoms with Gasteiger partial charge >= 0.3 is 0 Å². The van der Waals surface area contributed by atoms with Gasteiger partial charge < -0.3 is 10.4 Å². The minimum Gasteiger partial charge on any atom is -0.388 e. The highest BCUT2D eigenvalue weighted by molar-refractivity contribution is 7.89. The van der Waals surface area contributed by atoms with E-state index >= 15 is 0 Å². The minimum absolute atomic E-state index is 0.138. The SMILES string of the molecule is CNS(=O)(=O)c1ccc(Nc2ncc3cc(C#C[Si](C)(C)C)c(=O)n([C@@H]4CCC[C@@]4(C)O)c3n2)cc1. The minimum atomic E-state index is -3.55. The molecule has 0 saturated heterocycles. The molecule has 0 spiro atoms. The summed E-state index contributed by atoms with van der Waals surface area (Å²) in [5.74, 6) is 3.33. The summed E-state index contributed by atoms with van der Waals surface area (Å²) in [7, 11) is -3.91. The van der Waals surface area contributed by atoms with Gasteiger partial charge in [0.25, 0.3) is 5.56 Å². The van der Waals surface area contributed by atoms with Crippen molar-refractivity contribution in [3.63, 3.8) is 0 Å². The fraction of sp³-hybridized carbons (Fsp3) is 0.400. The summed E-state index contributed by atoms with van der Waals surface area (Å²) < 4.78 is 27.8. The van der Waals surface area contributed by atoms with Crippen LogP contribution in [-0.4, -0.2) is 48.8 Å². The van der Waals surface area contributed by atoms with E-state index in [0.717, 1.165) is 6.42 Å². The predicted molar refractivity (Wildman–Crippen MR) is 144 cm³/mol. The van der Waals surface area contributed by atoms with E-state index in [1.54, 1.807) is 35.9 Å². The van der Waals surface area contributed by atoms with Gasteiger partial charge in [-0.25, -0.2) is 18.1 Å². The van der Waals surface area contributed by atoms with Gasteiger partial charge in [0, 0.05) is 17.3 Å². The van der Waals surface area contributed by atoms with Gasteiger partial charge in [0.15, 0.2) is 0 Å². The Bertz CT molecular complexity index is 1530. The molecule has 2 heterocycles. The van der Waals surface area contributed by atoms with Crippen molar-refractivity contribution in [3.05, 3.63) is 52.4 Å². The van der Waals surface area contributed by atoms with Gasteiger partial charge in [0.1, 0.15) is 13.7 Å². The van der Waals surface area contributed by atoms with Crippen LogP contribution in [0.25, 0.3) is 11.0 Å². The molecule has 0 aliphatic heterocycles. The highest BCUT2D eigenvalue weighted by atomic mass is 32.2. The molecule has 1 aliphatic carbocycles. The van der Waals surface area contributed by atoms with Crippen molar-refractivity contribution >= 4 is 40.8 Å². The Balaban J connectivity index is 1.81. The first-order valence-electron chi connectivity index (χ1n) is 11.8. The van der Waals surface area contributed by atoms with Gasteiger partial charge in [-0.15, -0.1) is 5.54 Å². The smallest absolute Gasteiger partial charge is 0.268 e. The third-order valence-electron chi connectivity index (χ3n) is 6.22. The molecule has 1 aromatic carbocycles. The first-order valence-corrected chi connectivity index (χ1v) is 16.8. The maximum Gasteiger partial charge on any atom is 0.268 e. The Morgan fingerprint density at radius 2 is 1.92 bits per heavy atom. The predicted octanol–water partition coefficient (Wildman–Crippen LogP) is 3.15. The van der Waals surface area contributed by atoms with E-state index in [2.05, 4.69) is 51.1 Å². The third kappa shape index (κ3) is 5.37. The highest BCUT2D eigenvalue weighted by Crippen LogP contribution is 2.39. The van der Waals surface area contributed by atoms with E-state index in [1.807, 2.05) is 0 Å². The molecule has 0 unspecified atom stereocenters. The molecule has 2 aromatic heterocycles. The van der Waals surface area contributed by atoms with Crippen LogP contribution >= 0.6 is 0 Å². The van der Waals surface area contributed by atoms with Crippen molar-refractivity contribution in [1.82, 2.24) is 19.3 Å². The van der Waals surface area contributed by atoms with Crippen LogP contribution in [-0.2, 0) is 10.0 Å². The third-order valence-corrected chi connectivity index (χ3v) is 8.53. The summed E-state index contributed by atoms with van der Waals surface area (Å²) >= 11 is 0. The molecule has 0 radical (unpaired) electrons. The quantitative estimate of drug-likeness (QED) is 0.345. The fourth-order valence-electron chi connectivity index (χ4n) is 4.32. The molecular weight excluding hydrogens is 494 g/mol. The molecule has 11 heteroatoms. The Morgan fingerprint density at radius 3 is 2.50 bits per heavy atom. The number of benzene rings is 1. The lowest BCUT2D eigenvalue weighted by Crippen LogP contribution is -2.38. The van der Waals surface area contributed by atoms with Gasteiger partial charge in [0.05, 0.1) is 22.1 Å². The zero-order valence-electron chi connectivity index (χ0n) is 21.1. The second-order valence-electron chi connectivity index (χ2n) is 10.3. The Kier molecular flexibility index (Phi) is 6.83.